The minimum Gasteiger partial charge on any atom is -0.355 e. The van der Waals surface area contributed by atoms with Gasteiger partial charge in [-0.25, -0.2) is 0 Å². The Morgan fingerprint density at radius 1 is 1.05 bits per heavy atom. The van der Waals surface area contributed by atoms with Gasteiger partial charge in [0, 0.05) is 28.2 Å². The summed E-state index contributed by atoms with van der Waals surface area (Å²) >= 11 is 0. The molecular formula is C18H16N2O. The lowest BCUT2D eigenvalue weighted by Gasteiger charge is -2.05. The second-order valence-corrected chi connectivity index (χ2v) is 5.61. The molecule has 1 aliphatic carbocycles. The number of carbonyl (C=O) groups is 1. The molecule has 0 radical (unpaired) electrons. The van der Waals surface area contributed by atoms with Crippen molar-refractivity contribution in [2.45, 2.75) is 12.8 Å². The van der Waals surface area contributed by atoms with Crippen LogP contribution in [0.4, 0.5) is 5.69 Å². The quantitative estimate of drug-likeness (QED) is 0.740. The van der Waals surface area contributed by atoms with Gasteiger partial charge in [-0.15, -0.1) is 0 Å². The van der Waals surface area contributed by atoms with E-state index in [1.807, 2.05) is 36.4 Å². The van der Waals surface area contributed by atoms with Crippen LogP contribution < -0.4 is 5.32 Å². The van der Waals surface area contributed by atoms with Crippen molar-refractivity contribution in [1.29, 1.82) is 0 Å². The van der Waals surface area contributed by atoms with Crippen LogP contribution in [-0.4, -0.2) is 10.9 Å². The number of anilines is 1. The Morgan fingerprint density at radius 3 is 2.52 bits per heavy atom. The fraction of sp³-hybridized carbons (Fsp3) is 0.167. The van der Waals surface area contributed by atoms with E-state index in [2.05, 4.69) is 28.5 Å². The molecule has 21 heavy (non-hydrogen) atoms. The van der Waals surface area contributed by atoms with Gasteiger partial charge >= 0.3 is 0 Å². The van der Waals surface area contributed by atoms with E-state index in [-0.39, 0.29) is 11.8 Å². The van der Waals surface area contributed by atoms with Crippen LogP contribution in [0.2, 0.25) is 0 Å². The molecule has 2 N–H and O–H groups in total. The van der Waals surface area contributed by atoms with Gasteiger partial charge in [-0.05, 0) is 42.7 Å². The molecule has 0 aliphatic heterocycles. The van der Waals surface area contributed by atoms with Gasteiger partial charge in [-0.1, -0.05) is 30.3 Å². The number of carbonyl (C=O) groups excluding carboxylic acids is 1. The predicted molar refractivity (Wildman–Crippen MR) is 85.1 cm³/mol. The Bertz CT molecular complexity index is 764. The maximum absolute atomic E-state index is 11.7. The molecule has 0 unspecified atom stereocenters. The van der Waals surface area contributed by atoms with Gasteiger partial charge in [0.25, 0.3) is 0 Å². The molecule has 0 atom stereocenters. The van der Waals surface area contributed by atoms with Gasteiger partial charge in [0.1, 0.15) is 0 Å². The number of hydrogen-bond acceptors (Lipinski definition) is 1. The number of aromatic nitrogens is 1. The van der Waals surface area contributed by atoms with Crippen LogP contribution in [0.25, 0.3) is 22.2 Å². The van der Waals surface area contributed by atoms with Crippen molar-refractivity contribution < 1.29 is 4.79 Å². The van der Waals surface area contributed by atoms with Crippen LogP contribution in [0.1, 0.15) is 12.8 Å². The normalized spacial score (nSPS) is 14.3. The summed E-state index contributed by atoms with van der Waals surface area (Å²) in [6.07, 6.45) is 2.05. The highest BCUT2D eigenvalue weighted by molar-refractivity contribution is 5.94. The molecule has 3 nitrogen and oxygen atoms in total. The molecule has 1 amide bonds. The fourth-order valence-electron chi connectivity index (χ4n) is 2.55. The van der Waals surface area contributed by atoms with Crippen molar-refractivity contribution in [2.24, 2.45) is 5.92 Å². The highest BCUT2D eigenvalue weighted by Crippen LogP contribution is 2.30. The zero-order valence-electron chi connectivity index (χ0n) is 11.6. The first kappa shape index (κ1) is 12.2. The van der Waals surface area contributed by atoms with Crippen LogP contribution in [0.3, 0.4) is 0 Å². The van der Waals surface area contributed by atoms with Gasteiger partial charge < -0.3 is 10.3 Å². The van der Waals surface area contributed by atoms with E-state index >= 15 is 0 Å². The Morgan fingerprint density at radius 2 is 1.81 bits per heavy atom. The minimum absolute atomic E-state index is 0.147. The summed E-state index contributed by atoms with van der Waals surface area (Å²) in [5, 5.41) is 4.17. The van der Waals surface area contributed by atoms with Crippen molar-refractivity contribution in [1.82, 2.24) is 4.98 Å². The van der Waals surface area contributed by atoms with E-state index in [0.29, 0.717) is 0 Å². The number of hydrogen-bond donors (Lipinski definition) is 2. The maximum atomic E-state index is 11.7. The lowest BCUT2D eigenvalue weighted by Crippen LogP contribution is -2.12. The fourth-order valence-corrected chi connectivity index (χ4v) is 2.55. The first-order chi connectivity index (χ1) is 10.3. The highest BCUT2D eigenvalue weighted by Gasteiger charge is 2.29. The molecule has 1 heterocycles. The van der Waals surface area contributed by atoms with Crippen LogP contribution in [-0.2, 0) is 4.79 Å². The second-order valence-electron chi connectivity index (χ2n) is 5.61. The SMILES string of the molecule is O=C(Nc1ccc(-c2cc3ccccc3[nH]2)cc1)C1CC1. The minimum atomic E-state index is 0.147. The zero-order valence-corrected chi connectivity index (χ0v) is 11.6. The summed E-state index contributed by atoms with van der Waals surface area (Å²) in [5.74, 6) is 0.381. The first-order valence-corrected chi connectivity index (χ1v) is 7.29. The number of fused-ring (bicyclic) bond motifs is 1. The van der Waals surface area contributed by atoms with Crippen LogP contribution in [0.15, 0.2) is 54.6 Å². The second kappa shape index (κ2) is 4.77. The van der Waals surface area contributed by atoms with Gasteiger partial charge in [0.2, 0.25) is 5.91 Å². The smallest absolute Gasteiger partial charge is 0.227 e. The lowest BCUT2D eigenvalue weighted by atomic mass is 10.1. The van der Waals surface area contributed by atoms with E-state index in [4.69, 9.17) is 0 Å². The summed E-state index contributed by atoms with van der Waals surface area (Å²) in [6, 6.07) is 18.4. The monoisotopic (exact) mass is 276 g/mol. The van der Waals surface area contributed by atoms with Crippen LogP contribution in [0.5, 0.6) is 0 Å². The van der Waals surface area contributed by atoms with Crippen molar-refractivity contribution >= 4 is 22.5 Å². The molecule has 4 rings (SSSR count). The highest BCUT2D eigenvalue weighted by atomic mass is 16.2. The van der Waals surface area contributed by atoms with Crippen LogP contribution in [0, 0.1) is 5.92 Å². The van der Waals surface area contributed by atoms with Gasteiger partial charge in [0.05, 0.1) is 0 Å². The van der Waals surface area contributed by atoms with E-state index in [9.17, 15) is 4.79 Å². The molecule has 0 saturated heterocycles. The molecule has 104 valence electrons. The van der Waals surface area contributed by atoms with Gasteiger partial charge in [0.15, 0.2) is 0 Å². The van der Waals surface area contributed by atoms with E-state index in [1.54, 1.807) is 0 Å². The van der Waals surface area contributed by atoms with Crippen molar-refractivity contribution in [3.8, 4) is 11.3 Å². The Kier molecular flexibility index (Phi) is 2.78. The number of nitrogens with one attached hydrogen (secondary N) is 2. The third-order valence-corrected chi connectivity index (χ3v) is 3.94. The van der Waals surface area contributed by atoms with Crippen molar-refractivity contribution in [3.05, 3.63) is 54.6 Å². The number of amides is 1. The maximum Gasteiger partial charge on any atom is 0.227 e. The molecular weight excluding hydrogens is 260 g/mol. The summed E-state index contributed by atoms with van der Waals surface area (Å²) in [4.78, 5) is 15.1. The standard InChI is InChI=1S/C18H16N2O/c21-18(13-5-6-13)19-15-9-7-12(8-10-15)17-11-14-3-1-2-4-16(14)20-17/h1-4,7-11,13,20H,5-6H2,(H,19,21). The molecule has 3 heteroatoms. The molecule has 1 aliphatic rings. The average Bonchev–Trinajstić information content (AvgIpc) is 3.27. The number of benzene rings is 2. The van der Waals surface area contributed by atoms with E-state index in [1.165, 1.54) is 5.39 Å². The number of aromatic amines is 1. The summed E-state index contributed by atoms with van der Waals surface area (Å²) in [5.41, 5.74) is 4.22. The molecule has 0 bridgehead atoms. The van der Waals surface area contributed by atoms with Crippen molar-refractivity contribution in [3.63, 3.8) is 0 Å². The number of para-hydroxylation sites is 1. The Balaban J connectivity index is 1.58. The Labute approximate surface area is 123 Å². The van der Waals surface area contributed by atoms with Crippen molar-refractivity contribution in [2.75, 3.05) is 5.32 Å². The van der Waals surface area contributed by atoms with E-state index < -0.39 is 0 Å². The average molecular weight is 276 g/mol. The molecule has 3 aromatic rings. The zero-order chi connectivity index (χ0) is 14.2. The molecule has 0 spiro atoms. The van der Waals surface area contributed by atoms with E-state index in [0.717, 1.165) is 35.3 Å². The third-order valence-electron chi connectivity index (χ3n) is 3.94. The largest absolute Gasteiger partial charge is 0.355 e. The summed E-state index contributed by atoms with van der Waals surface area (Å²) in [6.45, 7) is 0. The lowest BCUT2D eigenvalue weighted by molar-refractivity contribution is -0.117. The first-order valence-electron chi connectivity index (χ1n) is 7.29. The molecule has 1 fully saturated rings. The Hall–Kier alpha value is -2.55. The summed E-state index contributed by atoms with van der Waals surface area (Å²) < 4.78 is 0. The predicted octanol–water partition coefficient (Wildman–Crippen LogP) is 4.18. The van der Waals surface area contributed by atoms with Crippen LogP contribution >= 0.6 is 0 Å². The topological polar surface area (TPSA) is 44.9 Å². The third kappa shape index (κ3) is 2.42. The molecule has 1 saturated carbocycles. The molecule has 1 aromatic heterocycles. The van der Waals surface area contributed by atoms with Gasteiger partial charge in [-0.2, -0.15) is 0 Å². The van der Waals surface area contributed by atoms with Gasteiger partial charge in [-0.3, -0.25) is 4.79 Å². The molecule has 2 aromatic carbocycles. The number of H-pyrrole nitrogens is 1. The number of rotatable bonds is 3. The summed E-state index contributed by atoms with van der Waals surface area (Å²) in [7, 11) is 0.